The molecule has 1 aliphatic heterocycles. The second-order valence-electron chi connectivity index (χ2n) is 2.98. The average Bonchev–Trinajstić information content (AvgIpc) is 2.14. The van der Waals surface area contributed by atoms with Crippen molar-refractivity contribution in [3.05, 3.63) is 0 Å². The van der Waals surface area contributed by atoms with Crippen molar-refractivity contribution < 1.29 is 0 Å². The van der Waals surface area contributed by atoms with E-state index in [-0.39, 0.29) is 0 Å². The Hall–Kier alpha value is -0.370. The van der Waals surface area contributed by atoms with E-state index in [0.29, 0.717) is 6.04 Å². The summed E-state index contributed by atoms with van der Waals surface area (Å²) in [5, 5.41) is 10.6. The second kappa shape index (κ2) is 2.48. The minimum Gasteiger partial charge on any atom is -0.309 e. The molecule has 9 heavy (non-hydrogen) atoms. The fourth-order valence-corrected chi connectivity index (χ4v) is 1.24. The zero-order valence-corrected chi connectivity index (χ0v) is 6.07. The monoisotopic (exact) mass is 126 g/mol. The lowest BCUT2D eigenvalue weighted by Crippen LogP contribution is -2.27. The molecule has 0 amide bonds. The molecule has 2 atom stereocenters. The molecule has 52 valence electrons. The first-order valence-corrected chi connectivity index (χ1v) is 3.48. The van der Waals surface area contributed by atoms with E-state index in [0.717, 1.165) is 24.6 Å². The average molecular weight is 126 g/mol. The van der Waals surface area contributed by atoms with Gasteiger partial charge in [0.1, 0.15) is 0 Å². The van der Waals surface area contributed by atoms with Gasteiger partial charge in [0.05, 0.1) is 0 Å². The van der Waals surface area contributed by atoms with Gasteiger partial charge in [-0.25, -0.2) is 0 Å². The molecule has 1 saturated heterocycles. The molecule has 0 radical (unpaired) electrons. The molecule has 1 rings (SSSR count). The van der Waals surface area contributed by atoms with Crippen molar-refractivity contribution in [2.24, 2.45) is 5.92 Å². The van der Waals surface area contributed by atoms with Gasteiger partial charge in [-0.1, -0.05) is 6.92 Å². The molecule has 0 aliphatic carbocycles. The number of hydrogen-bond acceptors (Lipinski definition) is 2. The van der Waals surface area contributed by atoms with Crippen LogP contribution in [0.15, 0.2) is 0 Å². The Balaban J connectivity index is 2.39. The molecule has 2 N–H and O–H groups in total. The minimum atomic E-state index is 0.375. The van der Waals surface area contributed by atoms with Gasteiger partial charge in [-0.3, -0.25) is 0 Å². The van der Waals surface area contributed by atoms with Gasteiger partial charge < -0.3 is 10.7 Å². The number of hydrogen-bond donors (Lipinski definition) is 2. The third-order valence-corrected chi connectivity index (χ3v) is 1.87. The van der Waals surface area contributed by atoms with Crippen molar-refractivity contribution in [3.8, 4) is 0 Å². The zero-order chi connectivity index (χ0) is 6.85. The summed E-state index contributed by atoms with van der Waals surface area (Å²) in [6.07, 6.45) is 1.15. The maximum absolute atomic E-state index is 7.32. The van der Waals surface area contributed by atoms with Gasteiger partial charge in [-0.15, -0.1) is 0 Å². The fourth-order valence-electron chi connectivity index (χ4n) is 1.24. The number of nitrogens with one attached hydrogen (secondary N) is 2. The highest BCUT2D eigenvalue weighted by Gasteiger charge is 2.21. The van der Waals surface area contributed by atoms with Gasteiger partial charge >= 0.3 is 0 Å². The summed E-state index contributed by atoms with van der Waals surface area (Å²) in [7, 11) is 0. The van der Waals surface area contributed by atoms with Gasteiger partial charge in [0.2, 0.25) is 0 Å². The summed E-state index contributed by atoms with van der Waals surface area (Å²) in [4.78, 5) is 0. The van der Waals surface area contributed by atoms with E-state index in [1.54, 1.807) is 0 Å². The van der Waals surface area contributed by atoms with Gasteiger partial charge in [-0.2, -0.15) is 0 Å². The fraction of sp³-hybridized carbons (Fsp3) is 0.857. The Morgan fingerprint density at radius 1 is 1.67 bits per heavy atom. The number of rotatable bonds is 1. The van der Waals surface area contributed by atoms with Crippen molar-refractivity contribution in [3.63, 3.8) is 0 Å². The summed E-state index contributed by atoms with van der Waals surface area (Å²) in [6.45, 7) is 5.17. The van der Waals surface area contributed by atoms with Crippen molar-refractivity contribution in [2.75, 3.05) is 6.54 Å². The summed E-state index contributed by atoms with van der Waals surface area (Å²) in [5.41, 5.74) is 0.777. The molecule has 0 aromatic heterocycles. The van der Waals surface area contributed by atoms with Crippen LogP contribution < -0.4 is 5.32 Å². The van der Waals surface area contributed by atoms with Crippen molar-refractivity contribution >= 4 is 5.71 Å². The molecule has 1 fully saturated rings. The van der Waals surface area contributed by atoms with Crippen LogP contribution >= 0.6 is 0 Å². The molecule has 0 unspecified atom stereocenters. The van der Waals surface area contributed by atoms with Crippen LogP contribution in [-0.2, 0) is 0 Å². The molecule has 1 aliphatic rings. The first kappa shape index (κ1) is 6.75. The van der Waals surface area contributed by atoms with Gasteiger partial charge in [0, 0.05) is 11.8 Å². The first-order valence-electron chi connectivity index (χ1n) is 3.48. The first-order chi connectivity index (χ1) is 4.20. The van der Waals surface area contributed by atoms with E-state index in [2.05, 4.69) is 12.2 Å². The van der Waals surface area contributed by atoms with E-state index in [4.69, 9.17) is 5.41 Å². The topological polar surface area (TPSA) is 35.9 Å². The quantitative estimate of drug-likeness (QED) is 0.506. The molecule has 0 spiro atoms. The summed E-state index contributed by atoms with van der Waals surface area (Å²) in [5.74, 6) is 0.760. The van der Waals surface area contributed by atoms with Crippen LogP contribution in [0.4, 0.5) is 0 Å². The molecule has 0 aromatic carbocycles. The summed E-state index contributed by atoms with van der Waals surface area (Å²) < 4.78 is 0. The maximum atomic E-state index is 7.32. The smallest absolute Gasteiger partial charge is 0.0448 e. The van der Waals surface area contributed by atoms with Crippen molar-refractivity contribution in [2.45, 2.75) is 26.3 Å². The van der Waals surface area contributed by atoms with Crippen LogP contribution in [0.3, 0.4) is 0 Å². The SMILES string of the molecule is CC(=N)[C@H]1C[C@@H](C)CN1. The lowest BCUT2D eigenvalue weighted by molar-refractivity contribution is 0.645. The largest absolute Gasteiger partial charge is 0.309 e. The highest BCUT2D eigenvalue weighted by molar-refractivity contribution is 5.84. The molecule has 0 saturated carbocycles. The van der Waals surface area contributed by atoms with E-state index < -0.39 is 0 Å². The van der Waals surface area contributed by atoms with E-state index in [1.807, 2.05) is 6.92 Å². The van der Waals surface area contributed by atoms with Crippen LogP contribution in [0.25, 0.3) is 0 Å². The molecule has 0 aromatic rings. The van der Waals surface area contributed by atoms with Gasteiger partial charge in [0.15, 0.2) is 0 Å². The predicted molar refractivity (Wildman–Crippen MR) is 39.0 cm³/mol. The third-order valence-electron chi connectivity index (χ3n) is 1.87. The molecular formula is C7H14N2. The Morgan fingerprint density at radius 2 is 2.33 bits per heavy atom. The summed E-state index contributed by atoms with van der Waals surface area (Å²) in [6, 6.07) is 0.375. The molecule has 2 heteroatoms. The predicted octanol–water partition coefficient (Wildman–Crippen LogP) is 1.02. The zero-order valence-electron chi connectivity index (χ0n) is 6.07. The van der Waals surface area contributed by atoms with Crippen molar-refractivity contribution in [1.29, 1.82) is 5.41 Å². The molecule has 2 nitrogen and oxygen atoms in total. The molecule has 1 heterocycles. The third kappa shape index (κ3) is 1.52. The van der Waals surface area contributed by atoms with Crippen LogP contribution in [0.5, 0.6) is 0 Å². The molecular weight excluding hydrogens is 112 g/mol. The second-order valence-corrected chi connectivity index (χ2v) is 2.98. The highest BCUT2D eigenvalue weighted by Crippen LogP contribution is 2.12. The Morgan fingerprint density at radius 3 is 2.56 bits per heavy atom. The van der Waals surface area contributed by atoms with Gasteiger partial charge in [0.25, 0.3) is 0 Å². The normalized spacial score (nSPS) is 34.9. The highest BCUT2D eigenvalue weighted by atomic mass is 15.0. The molecule has 0 bridgehead atoms. The van der Waals surface area contributed by atoms with Crippen LogP contribution in [-0.4, -0.2) is 18.3 Å². The summed E-state index contributed by atoms with van der Waals surface area (Å²) >= 11 is 0. The Labute approximate surface area is 56.2 Å². The maximum Gasteiger partial charge on any atom is 0.0448 e. The van der Waals surface area contributed by atoms with Crippen molar-refractivity contribution in [1.82, 2.24) is 5.32 Å². The van der Waals surface area contributed by atoms with Crippen LogP contribution in [0, 0.1) is 11.3 Å². The van der Waals surface area contributed by atoms with Crippen LogP contribution in [0.1, 0.15) is 20.3 Å². The minimum absolute atomic E-state index is 0.375. The lowest BCUT2D eigenvalue weighted by Gasteiger charge is -2.05. The van der Waals surface area contributed by atoms with Gasteiger partial charge in [-0.05, 0) is 25.8 Å². The standard InChI is InChI=1S/C7H14N2/c1-5-3-7(6(2)8)9-4-5/h5,7-9H,3-4H2,1-2H3/t5-,7-/m1/s1. The lowest BCUT2D eigenvalue weighted by atomic mass is 10.1. The van der Waals surface area contributed by atoms with Crippen LogP contribution in [0.2, 0.25) is 0 Å². The Bertz CT molecular complexity index is 120. The Kier molecular flexibility index (Phi) is 1.86. The van der Waals surface area contributed by atoms with E-state index in [9.17, 15) is 0 Å². The van der Waals surface area contributed by atoms with E-state index in [1.165, 1.54) is 0 Å². The van der Waals surface area contributed by atoms with E-state index >= 15 is 0 Å².